The fourth-order valence-corrected chi connectivity index (χ4v) is 4.69. The number of fused-ring (bicyclic) bond motifs is 1. The highest BCUT2D eigenvalue weighted by Crippen LogP contribution is 2.27. The van der Waals surface area contributed by atoms with Crippen LogP contribution in [0.3, 0.4) is 0 Å². The number of nitrogens with one attached hydrogen (secondary N) is 1. The molecule has 0 aliphatic carbocycles. The topological polar surface area (TPSA) is 127 Å². The van der Waals surface area contributed by atoms with Gasteiger partial charge in [0.25, 0.3) is 5.56 Å². The van der Waals surface area contributed by atoms with Crippen LogP contribution >= 0.6 is 0 Å². The molecule has 0 saturated carbocycles. The van der Waals surface area contributed by atoms with Crippen molar-refractivity contribution in [3.8, 4) is 0 Å². The van der Waals surface area contributed by atoms with E-state index in [9.17, 15) is 23.6 Å². The van der Waals surface area contributed by atoms with Crippen molar-refractivity contribution < 1.29 is 28.2 Å². The molecule has 3 aromatic rings. The molecule has 1 aromatic carbocycles. The first-order chi connectivity index (χ1) is 21.2. The van der Waals surface area contributed by atoms with Gasteiger partial charge in [-0.15, -0.1) is 0 Å². The molecule has 45 heavy (non-hydrogen) atoms. The summed E-state index contributed by atoms with van der Waals surface area (Å²) in [5.74, 6) is -0.549. The van der Waals surface area contributed by atoms with E-state index in [-0.39, 0.29) is 48.6 Å². The van der Waals surface area contributed by atoms with Crippen LogP contribution in [-0.2, 0) is 38.4 Å². The lowest BCUT2D eigenvalue weighted by atomic mass is 9.87. The minimum atomic E-state index is -1.14. The Hall–Kier alpha value is -4.32. The van der Waals surface area contributed by atoms with E-state index in [2.05, 4.69) is 30.7 Å². The average Bonchev–Trinajstić information content (AvgIpc) is 3.36. The maximum Gasteiger partial charge on any atom is 0.410 e. The maximum atomic E-state index is 14.4. The lowest BCUT2D eigenvalue weighted by Crippen LogP contribution is -2.37. The normalized spacial score (nSPS) is 12.4. The zero-order valence-electron chi connectivity index (χ0n) is 27.2. The molecule has 0 aliphatic rings. The van der Waals surface area contributed by atoms with Gasteiger partial charge >= 0.3 is 6.09 Å². The Morgan fingerprint density at radius 1 is 1.16 bits per heavy atom. The fraction of sp³-hybridized carbons (Fsp3) is 0.485. The second-order valence-electron chi connectivity index (χ2n) is 12.5. The smallest absolute Gasteiger partial charge is 0.410 e. The van der Waals surface area contributed by atoms with Crippen molar-refractivity contribution in [2.75, 3.05) is 41.4 Å². The first kappa shape index (κ1) is 35.2. The molecule has 244 valence electrons. The second kappa shape index (κ2) is 15.6. The van der Waals surface area contributed by atoms with Crippen molar-refractivity contribution in [2.45, 2.75) is 59.1 Å². The number of nitrogens with zero attached hydrogens (tertiary/aromatic N) is 4. The molecular weight excluding hydrogens is 581 g/mol. The van der Waals surface area contributed by atoms with Crippen LogP contribution < -0.4 is 5.56 Å². The Kier molecular flexibility index (Phi) is 12.2. The molecule has 2 amide bonds. The highest BCUT2D eigenvalue weighted by atomic mass is 19.1. The number of hydrogen-bond donors (Lipinski definition) is 1. The quantitative estimate of drug-likeness (QED) is 0.267. The lowest BCUT2D eigenvalue weighted by molar-refractivity contribution is -0.127. The third-order valence-corrected chi connectivity index (χ3v) is 7.03. The largest absolute Gasteiger partial charge is 0.438 e. The Labute approximate surface area is 263 Å². The number of pyridine rings is 1. The van der Waals surface area contributed by atoms with Crippen LogP contribution in [0.4, 0.5) is 9.18 Å². The van der Waals surface area contributed by atoms with E-state index >= 15 is 0 Å². The standard InChI is InChI=1S/C33H44FN5O6/c1-33(2,3)20-23-17-24(34)19-25-30(23)36-28(35-25)21-39-14-10-11-22(31(39)42)18-26(40)27(12-8-9-13-29(41)37(4)5)45-32(43)38(6)15-16-44-7/h9-11,13-14,17,19,27H,8,12,15-16,18,20-21H2,1-7H3,(H,35,36)/b13-9+/t27-/m0/s1. The molecule has 0 aliphatic heterocycles. The van der Waals surface area contributed by atoms with Crippen molar-refractivity contribution in [1.29, 1.82) is 0 Å². The number of methoxy groups -OCH3 is 1. The third kappa shape index (κ3) is 10.4. The molecule has 0 bridgehead atoms. The lowest BCUT2D eigenvalue weighted by Gasteiger charge is -2.21. The van der Waals surface area contributed by atoms with Gasteiger partial charge in [-0.2, -0.15) is 0 Å². The van der Waals surface area contributed by atoms with E-state index in [1.54, 1.807) is 38.5 Å². The number of ketones is 1. The molecule has 0 fully saturated rings. The summed E-state index contributed by atoms with van der Waals surface area (Å²) in [5, 5.41) is 0. The van der Waals surface area contributed by atoms with Crippen LogP contribution in [0.15, 0.2) is 47.4 Å². The third-order valence-electron chi connectivity index (χ3n) is 7.03. The van der Waals surface area contributed by atoms with Crippen LogP contribution in [0, 0.1) is 11.2 Å². The predicted octanol–water partition coefficient (Wildman–Crippen LogP) is 4.12. The minimum absolute atomic E-state index is 0.0803. The maximum absolute atomic E-state index is 14.4. The molecule has 1 atom stereocenters. The fourth-order valence-electron chi connectivity index (χ4n) is 4.69. The van der Waals surface area contributed by atoms with Gasteiger partial charge in [-0.25, -0.2) is 14.2 Å². The van der Waals surface area contributed by atoms with Gasteiger partial charge in [0.2, 0.25) is 5.91 Å². The highest BCUT2D eigenvalue weighted by molar-refractivity contribution is 5.88. The summed E-state index contributed by atoms with van der Waals surface area (Å²) >= 11 is 0. The number of Topliss-reactive ketones (excluding diaryl/α,β-unsaturated/α-hetero) is 1. The number of rotatable bonds is 14. The number of carbonyl (C=O) groups is 3. The Balaban J connectivity index is 1.81. The summed E-state index contributed by atoms with van der Waals surface area (Å²) in [4.78, 5) is 61.9. The SMILES string of the molecule is COCCN(C)C(=O)O[C@@H](CC/C=C/C(=O)N(C)C)C(=O)Cc1cccn(Cc2nc3c(CC(C)(C)C)cc(F)cc3[nH]2)c1=O. The summed E-state index contributed by atoms with van der Waals surface area (Å²) in [7, 11) is 6.30. The number of benzene rings is 1. The molecule has 0 radical (unpaired) electrons. The Morgan fingerprint density at radius 3 is 2.56 bits per heavy atom. The van der Waals surface area contributed by atoms with Gasteiger partial charge in [0.15, 0.2) is 11.9 Å². The van der Waals surface area contributed by atoms with E-state index in [1.165, 1.54) is 46.7 Å². The molecule has 12 heteroatoms. The monoisotopic (exact) mass is 625 g/mol. The van der Waals surface area contributed by atoms with E-state index in [1.807, 2.05) is 0 Å². The highest BCUT2D eigenvalue weighted by Gasteiger charge is 2.25. The van der Waals surface area contributed by atoms with Gasteiger partial charge in [0, 0.05) is 53.0 Å². The zero-order valence-corrected chi connectivity index (χ0v) is 27.2. The van der Waals surface area contributed by atoms with Crippen LogP contribution in [0.1, 0.15) is 50.6 Å². The molecular formula is C33H44FN5O6. The molecule has 1 N–H and O–H groups in total. The van der Waals surface area contributed by atoms with Crippen molar-refractivity contribution in [2.24, 2.45) is 5.41 Å². The Bertz CT molecular complexity index is 1590. The number of imidazole rings is 1. The first-order valence-corrected chi connectivity index (χ1v) is 14.8. The minimum Gasteiger partial charge on any atom is -0.438 e. The second-order valence-corrected chi connectivity index (χ2v) is 12.5. The van der Waals surface area contributed by atoms with Crippen LogP contribution in [-0.4, -0.2) is 89.6 Å². The summed E-state index contributed by atoms with van der Waals surface area (Å²) < 4.78 is 26.3. The van der Waals surface area contributed by atoms with Crippen molar-refractivity contribution in [3.05, 3.63) is 75.7 Å². The number of allylic oxidation sites excluding steroid dienone is 1. The number of hydrogen-bond acceptors (Lipinski definition) is 7. The van der Waals surface area contributed by atoms with Gasteiger partial charge in [-0.3, -0.25) is 14.4 Å². The molecule has 11 nitrogen and oxygen atoms in total. The summed E-state index contributed by atoms with van der Waals surface area (Å²) in [5.41, 5.74) is 1.73. The molecule has 2 heterocycles. The van der Waals surface area contributed by atoms with E-state index < -0.39 is 23.5 Å². The summed E-state index contributed by atoms with van der Waals surface area (Å²) in [6.45, 7) is 6.84. The zero-order chi connectivity index (χ0) is 33.3. The Morgan fingerprint density at radius 2 is 1.89 bits per heavy atom. The van der Waals surface area contributed by atoms with Crippen LogP contribution in [0.2, 0.25) is 0 Å². The number of carbonyl (C=O) groups excluding carboxylic acids is 3. The number of amides is 2. The van der Waals surface area contributed by atoms with Crippen molar-refractivity contribution in [3.63, 3.8) is 0 Å². The molecule has 2 aromatic heterocycles. The van der Waals surface area contributed by atoms with E-state index in [0.717, 1.165) is 5.56 Å². The summed E-state index contributed by atoms with van der Waals surface area (Å²) in [6.07, 6.45) is 3.56. The van der Waals surface area contributed by atoms with Gasteiger partial charge in [0.05, 0.1) is 24.2 Å². The summed E-state index contributed by atoms with van der Waals surface area (Å²) in [6, 6.07) is 6.10. The number of halogens is 1. The average molecular weight is 626 g/mol. The number of likely N-dealkylation sites (N-methyl/N-ethyl adjacent to an activating group) is 2. The number of ether oxygens (including phenoxy) is 2. The van der Waals surface area contributed by atoms with Gasteiger partial charge in [0.1, 0.15) is 11.6 Å². The van der Waals surface area contributed by atoms with Crippen molar-refractivity contribution >= 4 is 28.8 Å². The van der Waals surface area contributed by atoms with Gasteiger partial charge < -0.3 is 28.8 Å². The van der Waals surface area contributed by atoms with E-state index in [0.29, 0.717) is 36.3 Å². The molecule has 0 spiro atoms. The molecule has 0 saturated heterocycles. The van der Waals surface area contributed by atoms with Crippen LogP contribution in [0.25, 0.3) is 11.0 Å². The first-order valence-electron chi connectivity index (χ1n) is 14.8. The number of aromatic nitrogens is 3. The van der Waals surface area contributed by atoms with Gasteiger partial charge in [-0.05, 0) is 54.5 Å². The predicted molar refractivity (Wildman–Crippen MR) is 170 cm³/mol. The molecule has 0 unspecified atom stereocenters. The van der Waals surface area contributed by atoms with Gasteiger partial charge in [-0.1, -0.05) is 32.9 Å². The number of aromatic amines is 1. The van der Waals surface area contributed by atoms with Crippen LogP contribution in [0.5, 0.6) is 0 Å². The number of H-pyrrole nitrogens is 1. The van der Waals surface area contributed by atoms with E-state index in [4.69, 9.17) is 9.47 Å². The van der Waals surface area contributed by atoms with Crippen molar-refractivity contribution in [1.82, 2.24) is 24.3 Å². The molecule has 3 rings (SSSR count).